The number of hydrogen-bond donors (Lipinski definition) is 1. The first kappa shape index (κ1) is 20.8. The molecule has 2 unspecified atom stereocenters. The Labute approximate surface area is 186 Å². The van der Waals surface area contributed by atoms with E-state index in [2.05, 4.69) is 64.4 Å². The van der Waals surface area contributed by atoms with Crippen molar-refractivity contribution in [3.05, 3.63) is 60.2 Å². The molecule has 0 aromatic heterocycles. The van der Waals surface area contributed by atoms with E-state index >= 15 is 0 Å². The SMILES string of the molecule is NC1CCN([C@@H]2C[C@H]2c2ccccc2)CC1CCOc1ccc(N2CCOCC2)cc1. The normalized spacial score (nSPS) is 29.0. The van der Waals surface area contributed by atoms with Crippen LogP contribution >= 0.6 is 0 Å². The van der Waals surface area contributed by atoms with E-state index < -0.39 is 0 Å². The Morgan fingerprint density at radius 2 is 1.74 bits per heavy atom. The lowest BCUT2D eigenvalue weighted by molar-refractivity contribution is 0.122. The van der Waals surface area contributed by atoms with E-state index in [1.807, 2.05) is 0 Å². The van der Waals surface area contributed by atoms with Crippen LogP contribution in [-0.2, 0) is 4.74 Å². The molecular formula is C26H35N3O2. The van der Waals surface area contributed by atoms with Gasteiger partial charge in [0, 0.05) is 43.3 Å². The number of anilines is 1. The molecule has 0 amide bonds. The second-order valence-electron chi connectivity index (χ2n) is 9.26. The summed E-state index contributed by atoms with van der Waals surface area (Å²) in [6.07, 6.45) is 3.40. The summed E-state index contributed by atoms with van der Waals surface area (Å²) < 4.78 is 11.5. The van der Waals surface area contributed by atoms with E-state index in [0.29, 0.717) is 17.9 Å². The van der Waals surface area contributed by atoms with Crippen molar-refractivity contribution in [2.24, 2.45) is 11.7 Å². The zero-order valence-corrected chi connectivity index (χ0v) is 18.4. The van der Waals surface area contributed by atoms with Crippen LogP contribution in [0.3, 0.4) is 0 Å². The molecule has 2 aromatic carbocycles. The van der Waals surface area contributed by atoms with Crippen LogP contribution in [0.25, 0.3) is 0 Å². The van der Waals surface area contributed by atoms with Gasteiger partial charge in [0.2, 0.25) is 0 Å². The van der Waals surface area contributed by atoms with Gasteiger partial charge in [-0.3, -0.25) is 4.90 Å². The summed E-state index contributed by atoms with van der Waals surface area (Å²) in [5.41, 5.74) is 9.23. The van der Waals surface area contributed by atoms with Crippen molar-refractivity contribution in [1.82, 2.24) is 4.90 Å². The number of likely N-dealkylation sites (tertiary alicyclic amines) is 1. The molecule has 2 aliphatic heterocycles. The van der Waals surface area contributed by atoms with E-state index in [1.54, 1.807) is 0 Å². The van der Waals surface area contributed by atoms with Crippen molar-refractivity contribution in [3.8, 4) is 5.75 Å². The second kappa shape index (κ2) is 9.60. The molecule has 1 aliphatic carbocycles. The Morgan fingerprint density at radius 1 is 0.968 bits per heavy atom. The molecule has 166 valence electrons. The molecule has 31 heavy (non-hydrogen) atoms. The quantitative estimate of drug-likeness (QED) is 0.742. The molecule has 0 bridgehead atoms. The minimum absolute atomic E-state index is 0.289. The van der Waals surface area contributed by atoms with Crippen LogP contribution in [0, 0.1) is 5.92 Å². The van der Waals surface area contributed by atoms with Gasteiger partial charge >= 0.3 is 0 Å². The number of hydrogen-bond acceptors (Lipinski definition) is 5. The molecule has 5 heteroatoms. The number of morpholine rings is 1. The molecule has 3 fully saturated rings. The third-order valence-corrected chi connectivity index (χ3v) is 7.25. The lowest BCUT2D eigenvalue weighted by Crippen LogP contribution is -2.48. The van der Waals surface area contributed by atoms with Crippen LogP contribution in [0.2, 0.25) is 0 Å². The third-order valence-electron chi connectivity index (χ3n) is 7.25. The number of nitrogens with two attached hydrogens (primary N) is 1. The fourth-order valence-electron chi connectivity index (χ4n) is 5.23. The zero-order valence-electron chi connectivity index (χ0n) is 18.4. The predicted octanol–water partition coefficient (Wildman–Crippen LogP) is 3.50. The first-order valence-electron chi connectivity index (χ1n) is 11.9. The lowest BCUT2D eigenvalue weighted by Gasteiger charge is -2.37. The number of benzene rings is 2. The standard InChI is InChI=1S/C26H35N3O2/c27-25-10-12-29(26-18-24(26)20-4-2-1-3-5-20)19-21(25)11-15-31-23-8-6-22(7-9-23)28-13-16-30-17-14-28/h1-9,21,24-26H,10-19,27H2/t21?,24-,25?,26+/m0/s1. The molecule has 4 atom stereocenters. The van der Waals surface area contributed by atoms with Gasteiger partial charge in [0.1, 0.15) is 5.75 Å². The topological polar surface area (TPSA) is 51.0 Å². The van der Waals surface area contributed by atoms with E-state index in [-0.39, 0.29) is 6.04 Å². The number of nitrogens with zero attached hydrogens (tertiary/aromatic N) is 2. The fourth-order valence-corrected chi connectivity index (χ4v) is 5.23. The third kappa shape index (κ3) is 5.05. The second-order valence-corrected chi connectivity index (χ2v) is 9.26. The summed E-state index contributed by atoms with van der Waals surface area (Å²) in [4.78, 5) is 5.05. The number of rotatable bonds is 7. The molecule has 3 aliphatic rings. The molecule has 1 saturated carbocycles. The molecule has 5 rings (SSSR count). The maximum atomic E-state index is 6.49. The highest BCUT2D eigenvalue weighted by Gasteiger charge is 2.44. The first-order chi connectivity index (χ1) is 15.3. The largest absolute Gasteiger partial charge is 0.494 e. The van der Waals surface area contributed by atoms with Gasteiger partial charge in [0.15, 0.2) is 0 Å². The maximum absolute atomic E-state index is 6.49. The van der Waals surface area contributed by atoms with Gasteiger partial charge in [-0.15, -0.1) is 0 Å². The smallest absolute Gasteiger partial charge is 0.119 e. The monoisotopic (exact) mass is 421 g/mol. The molecule has 2 aromatic rings. The summed E-state index contributed by atoms with van der Waals surface area (Å²) in [5, 5.41) is 0. The van der Waals surface area contributed by atoms with Crippen LogP contribution < -0.4 is 15.4 Å². The lowest BCUT2D eigenvalue weighted by atomic mass is 9.90. The number of piperidine rings is 1. The van der Waals surface area contributed by atoms with Crippen molar-refractivity contribution in [3.63, 3.8) is 0 Å². The maximum Gasteiger partial charge on any atom is 0.119 e. The fraction of sp³-hybridized carbons (Fsp3) is 0.538. The van der Waals surface area contributed by atoms with Crippen molar-refractivity contribution >= 4 is 5.69 Å². The van der Waals surface area contributed by atoms with Crippen molar-refractivity contribution < 1.29 is 9.47 Å². The molecule has 2 heterocycles. The van der Waals surface area contributed by atoms with Crippen LogP contribution in [-0.4, -0.2) is 63.0 Å². The van der Waals surface area contributed by atoms with Gasteiger partial charge in [-0.05, 0) is 61.6 Å². The van der Waals surface area contributed by atoms with Gasteiger partial charge in [-0.1, -0.05) is 30.3 Å². The van der Waals surface area contributed by atoms with Gasteiger partial charge in [0.05, 0.1) is 19.8 Å². The minimum Gasteiger partial charge on any atom is -0.494 e. The summed E-state index contributed by atoms with van der Waals surface area (Å²) in [6.45, 7) is 6.51. The highest BCUT2D eigenvalue weighted by Crippen LogP contribution is 2.45. The average Bonchev–Trinajstić information content (AvgIpc) is 3.63. The van der Waals surface area contributed by atoms with E-state index in [4.69, 9.17) is 15.2 Å². The van der Waals surface area contributed by atoms with Crippen LogP contribution in [0.15, 0.2) is 54.6 Å². The van der Waals surface area contributed by atoms with Crippen molar-refractivity contribution in [2.45, 2.75) is 37.3 Å². The summed E-state index contributed by atoms with van der Waals surface area (Å²) in [5.74, 6) is 2.17. The molecule has 2 saturated heterocycles. The average molecular weight is 422 g/mol. The molecular weight excluding hydrogens is 386 g/mol. The van der Waals surface area contributed by atoms with Crippen LogP contribution in [0.5, 0.6) is 5.75 Å². The first-order valence-corrected chi connectivity index (χ1v) is 11.9. The Balaban J connectivity index is 1.09. The van der Waals surface area contributed by atoms with Crippen molar-refractivity contribution in [1.29, 1.82) is 0 Å². The summed E-state index contributed by atoms with van der Waals surface area (Å²) in [7, 11) is 0. The highest BCUT2D eigenvalue weighted by molar-refractivity contribution is 5.49. The van der Waals surface area contributed by atoms with E-state index in [1.165, 1.54) is 17.7 Å². The van der Waals surface area contributed by atoms with Gasteiger partial charge in [-0.25, -0.2) is 0 Å². The molecule has 0 radical (unpaired) electrons. The number of ether oxygens (including phenoxy) is 2. The minimum atomic E-state index is 0.289. The Bertz CT molecular complexity index is 822. The molecule has 2 N–H and O–H groups in total. The Morgan fingerprint density at radius 3 is 2.52 bits per heavy atom. The molecule has 5 nitrogen and oxygen atoms in total. The van der Waals surface area contributed by atoms with Crippen molar-refractivity contribution in [2.75, 3.05) is 50.9 Å². The van der Waals surface area contributed by atoms with Crippen LogP contribution in [0.4, 0.5) is 5.69 Å². The van der Waals surface area contributed by atoms with Gasteiger partial charge < -0.3 is 20.1 Å². The Kier molecular flexibility index (Phi) is 6.44. The Hall–Kier alpha value is -2.08. The highest BCUT2D eigenvalue weighted by atomic mass is 16.5. The molecule has 0 spiro atoms. The van der Waals surface area contributed by atoms with Gasteiger partial charge in [-0.2, -0.15) is 0 Å². The van der Waals surface area contributed by atoms with Crippen LogP contribution in [0.1, 0.15) is 30.7 Å². The predicted molar refractivity (Wildman–Crippen MR) is 125 cm³/mol. The summed E-state index contributed by atoms with van der Waals surface area (Å²) >= 11 is 0. The summed E-state index contributed by atoms with van der Waals surface area (Å²) in [6, 6.07) is 20.5. The van der Waals surface area contributed by atoms with E-state index in [9.17, 15) is 0 Å². The van der Waals surface area contributed by atoms with E-state index in [0.717, 1.165) is 64.6 Å². The zero-order chi connectivity index (χ0) is 21.0. The van der Waals surface area contributed by atoms with Gasteiger partial charge in [0.25, 0.3) is 0 Å².